The highest BCUT2D eigenvalue weighted by Crippen LogP contribution is 2.21. The Bertz CT molecular complexity index is 604. The third-order valence-corrected chi connectivity index (χ3v) is 3.05. The molecule has 20 heavy (non-hydrogen) atoms. The van der Waals surface area contributed by atoms with Gasteiger partial charge in [0.25, 0.3) is 5.91 Å². The number of carbonyl (C=O) groups is 1. The third kappa shape index (κ3) is 2.96. The highest BCUT2D eigenvalue weighted by molar-refractivity contribution is 5.92. The van der Waals surface area contributed by atoms with Gasteiger partial charge in [-0.3, -0.25) is 4.79 Å². The smallest absolute Gasteiger partial charge is 0.272 e. The van der Waals surface area contributed by atoms with Gasteiger partial charge < -0.3 is 15.1 Å². The van der Waals surface area contributed by atoms with Gasteiger partial charge >= 0.3 is 0 Å². The zero-order valence-electron chi connectivity index (χ0n) is 12.0. The van der Waals surface area contributed by atoms with Gasteiger partial charge in [0.05, 0.1) is 6.04 Å². The van der Waals surface area contributed by atoms with Crippen molar-refractivity contribution < 1.29 is 9.21 Å². The zero-order chi connectivity index (χ0) is 14.7. The lowest BCUT2D eigenvalue weighted by Crippen LogP contribution is -2.27. The highest BCUT2D eigenvalue weighted by atomic mass is 16.3. The van der Waals surface area contributed by atoms with Crippen molar-refractivity contribution >= 4 is 11.7 Å². The second-order valence-electron chi connectivity index (χ2n) is 4.62. The van der Waals surface area contributed by atoms with Crippen LogP contribution in [0.2, 0.25) is 0 Å². The van der Waals surface area contributed by atoms with Crippen LogP contribution in [0.15, 0.2) is 22.6 Å². The second-order valence-corrected chi connectivity index (χ2v) is 4.62. The minimum absolute atomic E-state index is 0.147. The van der Waals surface area contributed by atoms with Crippen molar-refractivity contribution in [2.45, 2.75) is 26.8 Å². The predicted molar refractivity (Wildman–Crippen MR) is 75.6 cm³/mol. The molecule has 1 amide bonds. The predicted octanol–water partition coefficient (Wildman–Crippen LogP) is 2.22. The maximum Gasteiger partial charge on any atom is 0.272 e. The summed E-state index contributed by atoms with van der Waals surface area (Å²) in [5.41, 5.74) is 1.25. The molecule has 2 rings (SSSR count). The number of aromatic nitrogens is 2. The normalized spacial score (nSPS) is 12.0. The Morgan fingerprint density at radius 1 is 1.30 bits per heavy atom. The molecule has 0 aliphatic carbocycles. The fraction of sp³-hybridized carbons (Fsp3) is 0.357. The van der Waals surface area contributed by atoms with E-state index in [-0.39, 0.29) is 17.6 Å². The quantitative estimate of drug-likeness (QED) is 0.893. The topological polar surface area (TPSA) is 80.0 Å². The molecule has 1 atom stereocenters. The van der Waals surface area contributed by atoms with Gasteiger partial charge in [0, 0.05) is 12.6 Å². The van der Waals surface area contributed by atoms with E-state index in [1.54, 1.807) is 19.2 Å². The molecule has 0 aliphatic rings. The van der Waals surface area contributed by atoms with Crippen molar-refractivity contribution in [2.24, 2.45) is 0 Å². The fourth-order valence-electron chi connectivity index (χ4n) is 2.02. The molecule has 0 radical (unpaired) electrons. The van der Waals surface area contributed by atoms with Gasteiger partial charge in [-0.15, -0.1) is 10.2 Å². The molecule has 6 nitrogen and oxygen atoms in total. The average Bonchev–Trinajstić information content (AvgIpc) is 2.78. The lowest BCUT2D eigenvalue weighted by molar-refractivity contribution is 0.0933. The summed E-state index contributed by atoms with van der Waals surface area (Å²) in [7, 11) is 1.75. The number of rotatable bonds is 4. The number of aryl methyl sites for hydroxylation is 2. The van der Waals surface area contributed by atoms with E-state index in [4.69, 9.17) is 4.42 Å². The standard InChI is InChI=1S/C14H18N4O2/c1-8-7-11(10(3)20-8)9(2)16-14(19)12-5-6-13(15-4)18-17-12/h5-7,9H,1-4H3,(H,15,18)(H,16,19). The average molecular weight is 274 g/mol. The van der Waals surface area contributed by atoms with Gasteiger partial charge in [-0.2, -0.15) is 0 Å². The first-order valence-corrected chi connectivity index (χ1v) is 6.40. The van der Waals surface area contributed by atoms with Crippen molar-refractivity contribution in [1.29, 1.82) is 0 Å². The van der Waals surface area contributed by atoms with E-state index in [9.17, 15) is 4.79 Å². The van der Waals surface area contributed by atoms with Crippen LogP contribution in [-0.4, -0.2) is 23.2 Å². The SMILES string of the molecule is CNc1ccc(C(=O)NC(C)c2cc(C)oc2C)nn1. The summed E-state index contributed by atoms with van der Waals surface area (Å²) in [5, 5.41) is 13.5. The number of nitrogens with one attached hydrogen (secondary N) is 2. The summed E-state index contributed by atoms with van der Waals surface area (Å²) < 4.78 is 5.47. The molecule has 6 heteroatoms. The van der Waals surface area contributed by atoms with Gasteiger partial charge in [-0.05, 0) is 39.0 Å². The number of hydrogen-bond donors (Lipinski definition) is 2. The molecule has 2 aromatic rings. The summed E-state index contributed by atoms with van der Waals surface area (Å²) in [4.78, 5) is 12.1. The van der Waals surface area contributed by atoms with Crippen molar-refractivity contribution in [3.63, 3.8) is 0 Å². The van der Waals surface area contributed by atoms with E-state index >= 15 is 0 Å². The number of anilines is 1. The first kappa shape index (κ1) is 14.0. The van der Waals surface area contributed by atoms with Crippen LogP contribution in [-0.2, 0) is 0 Å². The van der Waals surface area contributed by atoms with Gasteiger partial charge in [0.15, 0.2) is 5.69 Å². The first-order chi connectivity index (χ1) is 9.51. The monoisotopic (exact) mass is 274 g/mol. The number of nitrogens with zero attached hydrogens (tertiary/aromatic N) is 2. The number of furan rings is 1. The van der Waals surface area contributed by atoms with Crippen molar-refractivity contribution in [2.75, 3.05) is 12.4 Å². The van der Waals surface area contributed by atoms with Crippen LogP contribution in [0.4, 0.5) is 5.82 Å². The maximum absolute atomic E-state index is 12.1. The molecule has 106 valence electrons. The molecule has 0 aliphatic heterocycles. The molecule has 0 spiro atoms. The molecule has 0 aromatic carbocycles. The van der Waals surface area contributed by atoms with E-state index in [0.29, 0.717) is 5.82 Å². The minimum atomic E-state index is -0.258. The summed E-state index contributed by atoms with van der Waals surface area (Å²) in [5.74, 6) is 2.01. The van der Waals surface area contributed by atoms with Crippen LogP contribution < -0.4 is 10.6 Å². The largest absolute Gasteiger partial charge is 0.466 e. The summed E-state index contributed by atoms with van der Waals surface area (Å²) in [6, 6.07) is 5.12. The van der Waals surface area contributed by atoms with Crippen molar-refractivity contribution in [1.82, 2.24) is 15.5 Å². The molecule has 0 fully saturated rings. The molecule has 2 heterocycles. The van der Waals surface area contributed by atoms with Crippen LogP contribution in [0.3, 0.4) is 0 Å². The van der Waals surface area contributed by atoms with Crippen LogP contribution in [0.25, 0.3) is 0 Å². The zero-order valence-corrected chi connectivity index (χ0v) is 12.0. The van der Waals surface area contributed by atoms with Gasteiger partial charge in [-0.25, -0.2) is 0 Å². The lowest BCUT2D eigenvalue weighted by atomic mass is 10.1. The molecule has 2 aromatic heterocycles. The van der Waals surface area contributed by atoms with Gasteiger partial charge in [-0.1, -0.05) is 0 Å². The summed E-state index contributed by atoms with van der Waals surface area (Å²) in [6.45, 7) is 5.67. The van der Waals surface area contributed by atoms with Crippen molar-refractivity contribution in [3.05, 3.63) is 41.0 Å². The highest BCUT2D eigenvalue weighted by Gasteiger charge is 2.17. The Morgan fingerprint density at radius 2 is 2.05 bits per heavy atom. The Morgan fingerprint density at radius 3 is 2.55 bits per heavy atom. The molecule has 1 unspecified atom stereocenters. The minimum Gasteiger partial charge on any atom is -0.466 e. The lowest BCUT2D eigenvalue weighted by Gasteiger charge is -2.12. The number of hydrogen-bond acceptors (Lipinski definition) is 5. The van der Waals surface area contributed by atoms with Crippen LogP contribution in [0, 0.1) is 13.8 Å². The Labute approximate surface area is 117 Å². The summed E-state index contributed by atoms with van der Waals surface area (Å²) in [6.07, 6.45) is 0. The molecular formula is C14H18N4O2. The molecule has 0 saturated heterocycles. The third-order valence-electron chi connectivity index (χ3n) is 3.05. The maximum atomic E-state index is 12.1. The molecule has 2 N–H and O–H groups in total. The van der Waals surface area contributed by atoms with Gasteiger partial charge in [0.1, 0.15) is 17.3 Å². The van der Waals surface area contributed by atoms with Crippen LogP contribution >= 0.6 is 0 Å². The van der Waals surface area contributed by atoms with E-state index in [0.717, 1.165) is 17.1 Å². The fourth-order valence-corrected chi connectivity index (χ4v) is 2.02. The second kappa shape index (κ2) is 5.73. The van der Waals surface area contributed by atoms with E-state index in [2.05, 4.69) is 20.8 Å². The van der Waals surface area contributed by atoms with E-state index < -0.39 is 0 Å². The number of amides is 1. The van der Waals surface area contributed by atoms with Crippen LogP contribution in [0.5, 0.6) is 0 Å². The van der Waals surface area contributed by atoms with Crippen molar-refractivity contribution in [3.8, 4) is 0 Å². The summed E-state index contributed by atoms with van der Waals surface area (Å²) >= 11 is 0. The Balaban J connectivity index is 2.08. The van der Waals surface area contributed by atoms with Gasteiger partial charge in [0.2, 0.25) is 0 Å². The van der Waals surface area contributed by atoms with E-state index in [1.807, 2.05) is 26.8 Å². The van der Waals surface area contributed by atoms with Crippen LogP contribution in [0.1, 0.15) is 40.5 Å². The molecule has 0 bridgehead atoms. The first-order valence-electron chi connectivity index (χ1n) is 6.40. The Hall–Kier alpha value is -2.37. The van der Waals surface area contributed by atoms with E-state index in [1.165, 1.54) is 0 Å². The Kier molecular flexibility index (Phi) is 4.02. The number of carbonyl (C=O) groups excluding carboxylic acids is 1. The molecular weight excluding hydrogens is 256 g/mol. The molecule has 0 saturated carbocycles.